The van der Waals surface area contributed by atoms with Crippen LogP contribution in [0.5, 0.6) is 0 Å². The highest BCUT2D eigenvalue weighted by molar-refractivity contribution is 7.89. The number of nitrogens with zero attached hydrogens (tertiary/aromatic N) is 2. The fraction of sp³-hybridized carbons (Fsp3) is 0.280. The Morgan fingerprint density at radius 2 is 1.83 bits per heavy atom. The van der Waals surface area contributed by atoms with Gasteiger partial charge in [-0.1, -0.05) is 23.4 Å². The lowest BCUT2D eigenvalue weighted by molar-refractivity contribution is -0.120. The van der Waals surface area contributed by atoms with Crippen molar-refractivity contribution in [2.24, 2.45) is 5.92 Å². The summed E-state index contributed by atoms with van der Waals surface area (Å²) < 4.78 is 60.6. The molecule has 1 fully saturated rings. The molecular formula is C25H25F2N3O4S. The van der Waals surface area contributed by atoms with Crippen LogP contribution in [0.4, 0.5) is 14.5 Å². The third kappa shape index (κ3) is 5.33. The van der Waals surface area contributed by atoms with Crippen LogP contribution in [0.1, 0.15) is 35.4 Å². The zero-order valence-electron chi connectivity index (χ0n) is 19.3. The second-order valence-electron chi connectivity index (χ2n) is 8.44. The van der Waals surface area contributed by atoms with E-state index in [0.717, 1.165) is 0 Å². The molecule has 2 aromatic carbocycles. The minimum absolute atomic E-state index is 0.0115. The summed E-state index contributed by atoms with van der Waals surface area (Å²) in [4.78, 5) is 12.6. The predicted molar refractivity (Wildman–Crippen MR) is 128 cm³/mol. The zero-order chi connectivity index (χ0) is 25.2. The minimum Gasteiger partial charge on any atom is -0.355 e. The van der Waals surface area contributed by atoms with Crippen LogP contribution in [0.15, 0.2) is 51.9 Å². The third-order valence-electron chi connectivity index (χ3n) is 6.02. The molecule has 0 aliphatic carbocycles. The predicted octanol–water partition coefficient (Wildman–Crippen LogP) is 4.78. The molecule has 1 aliphatic heterocycles. The maximum absolute atomic E-state index is 13.9. The average Bonchev–Trinajstić information content (AvgIpc) is 3.21. The van der Waals surface area contributed by atoms with Crippen molar-refractivity contribution in [2.45, 2.75) is 31.6 Å². The minimum atomic E-state index is -3.96. The molecule has 1 N–H and O–H groups in total. The molecule has 184 valence electrons. The van der Waals surface area contributed by atoms with Crippen LogP contribution in [0, 0.1) is 31.4 Å². The summed E-state index contributed by atoms with van der Waals surface area (Å²) in [5, 5.41) is 6.61. The molecule has 10 heteroatoms. The van der Waals surface area contributed by atoms with Crippen molar-refractivity contribution in [1.29, 1.82) is 0 Å². The molecule has 0 atom stereocenters. The number of carbonyl (C=O) groups excluding carboxylic acids is 1. The van der Waals surface area contributed by atoms with E-state index in [1.165, 1.54) is 47.6 Å². The van der Waals surface area contributed by atoms with Gasteiger partial charge in [-0.15, -0.1) is 0 Å². The van der Waals surface area contributed by atoms with Crippen LogP contribution in [0.2, 0.25) is 0 Å². The van der Waals surface area contributed by atoms with Gasteiger partial charge in [-0.05, 0) is 68.7 Å². The van der Waals surface area contributed by atoms with Gasteiger partial charge in [-0.25, -0.2) is 17.2 Å². The van der Waals surface area contributed by atoms with Gasteiger partial charge in [0.05, 0.1) is 0 Å². The summed E-state index contributed by atoms with van der Waals surface area (Å²) in [5.41, 5.74) is 1.62. The molecule has 1 aromatic heterocycles. The van der Waals surface area contributed by atoms with Crippen molar-refractivity contribution in [3.8, 4) is 0 Å². The Kier molecular flexibility index (Phi) is 7.13. The summed E-state index contributed by atoms with van der Waals surface area (Å²) in [6.07, 6.45) is 3.48. The number of carbonyl (C=O) groups is 1. The van der Waals surface area contributed by atoms with E-state index in [1.54, 1.807) is 25.1 Å². The van der Waals surface area contributed by atoms with Crippen molar-refractivity contribution in [3.63, 3.8) is 0 Å². The van der Waals surface area contributed by atoms with Crippen LogP contribution in [-0.2, 0) is 14.8 Å². The second kappa shape index (κ2) is 10.1. The van der Waals surface area contributed by atoms with Gasteiger partial charge in [0.1, 0.15) is 17.3 Å². The van der Waals surface area contributed by atoms with E-state index >= 15 is 0 Å². The van der Waals surface area contributed by atoms with E-state index < -0.39 is 15.8 Å². The molecule has 2 heterocycles. The van der Waals surface area contributed by atoms with E-state index in [4.69, 9.17) is 4.52 Å². The molecule has 0 spiro atoms. The standard InChI is InChI=1S/C25H25F2N3O4S/c1-16-15-20(26)8-9-22(16)28-25(31)19-11-13-30(14-12-19)35(32,33)24-17(2)29-34-23(24)10-7-18-5-3-4-6-21(18)27/h3-10,15,19H,11-14H2,1-2H3,(H,28,31)/b10-7+. The fourth-order valence-electron chi connectivity index (χ4n) is 4.06. The highest BCUT2D eigenvalue weighted by Crippen LogP contribution is 2.30. The molecule has 35 heavy (non-hydrogen) atoms. The van der Waals surface area contributed by atoms with Gasteiger partial charge in [0.2, 0.25) is 15.9 Å². The number of sulfonamides is 1. The van der Waals surface area contributed by atoms with Crippen LogP contribution in [0.3, 0.4) is 0 Å². The lowest BCUT2D eigenvalue weighted by Crippen LogP contribution is -2.41. The molecule has 0 bridgehead atoms. The first-order chi connectivity index (χ1) is 16.7. The zero-order valence-corrected chi connectivity index (χ0v) is 20.1. The van der Waals surface area contributed by atoms with Gasteiger partial charge >= 0.3 is 0 Å². The number of hydrogen-bond donors (Lipinski definition) is 1. The number of amides is 1. The summed E-state index contributed by atoms with van der Waals surface area (Å²) in [5.74, 6) is -1.43. The number of aromatic nitrogens is 1. The Bertz CT molecular complexity index is 1380. The monoisotopic (exact) mass is 501 g/mol. The number of benzene rings is 2. The molecule has 0 unspecified atom stereocenters. The fourth-order valence-corrected chi connectivity index (χ4v) is 5.78. The smallest absolute Gasteiger partial charge is 0.248 e. The lowest BCUT2D eigenvalue weighted by atomic mass is 9.97. The molecule has 1 amide bonds. The summed E-state index contributed by atoms with van der Waals surface area (Å²) in [6, 6.07) is 10.2. The first kappa shape index (κ1) is 24.7. The maximum atomic E-state index is 13.9. The molecule has 0 saturated carbocycles. The molecule has 7 nitrogen and oxygen atoms in total. The van der Waals surface area contributed by atoms with Gasteiger partial charge in [0, 0.05) is 30.3 Å². The summed E-state index contributed by atoms with van der Waals surface area (Å²) >= 11 is 0. The third-order valence-corrected chi connectivity index (χ3v) is 8.08. The lowest BCUT2D eigenvalue weighted by Gasteiger charge is -2.30. The first-order valence-electron chi connectivity index (χ1n) is 11.1. The Hall–Kier alpha value is -3.37. The van der Waals surface area contributed by atoms with E-state index in [2.05, 4.69) is 10.5 Å². The number of halogens is 2. The van der Waals surface area contributed by atoms with E-state index in [-0.39, 0.29) is 52.6 Å². The number of nitrogens with one attached hydrogen (secondary N) is 1. The van der Waals surface area contributed by atoms with Gasteiger partial charge in [-0.2, -0.15) is 4.31 Å². The first-order valence-corrected chi connectivity index (χ1v) is 12.6. The Labute approximate surface area is 202 Å². The van der Waals surface area contributed by atoms with E-state index in [0.29, 0.717) is 24.1 Å². The topological polar surface area (TPSA) is 92.5 Å². The Morgan fingerprint density at radius 3 is 2.51 bits per heavy atom. The van der Waals surface area contributed by atoms with Crippen LogP contribution < -0.4 is 5.32 Å². The van der Waals surface area contributed by atoms with Gasteiger partial charge in [0.15, 0.2) is 10.7 Å². The van der Waals surface area contributed by atoms with Gasteiger partial charge in [0.25, 0.3) is 0 Å². The number of anilines is 1. The van der Waals surface area contributed by atoms with Crippen molar-refractivity contribution < 1.29 is 26.5 Å². The average molecular weight is 502 g/mol. The number of hydrogen-bond acceptors (Lipinski definition) is 5. The number of piperidine rings is 1. The number of aryl methyl sites for hydroxylation is 2. The van der Waals surface area contributed by atoms with Crippen LogP contribution in [0.25, 0.3) is 12.2 Å². The van der Waals surface area contributed by atoms with Crippen molar-refractivity contribution in [3.05, 3.63) is 76.7 Å². The molecule has 3 aromatic rings. The van der Waals surface area contributed by atoms with Crippen molar-refractivity contribution >= 4 is 33.8 Å². The number of rotatable bonds is 6. The quantitative estimate of drug-likeness (QED) is 0.525. The SMILES string of the molecule is Cc1cc(F)ccc1NC(=O)C1CCN(S(=O)(=O)c2c(C)noc2/C=C/c2ccccc2F)CC1. The van der Waals surface area contributed by atoms with Crippen LogP contribution >= 0.6 is 0 Å². The molecule has 1 saturated heterocycles. The van der Waals surface area contributed by atoms with Gasteiger partial charge < -0.3 is 9.84 Å². The van der Waals surface area contributed by atoms with Crippen molar-refractivity contribution in [1.82, 2.24) is 9.46 Å². The normalized spacial score (nSPS) is 15.5. The highest BCUT2D eigenvalue weighted by Gasteiger charge is 2.36. The van der Waals surface area contributed by atoms with E-state index in [1.807, 2.05) is 0 Å². The molecule has 1 aliphatic rings. The van der Waals surface area contributed by atoms with Crippen molar-refractivity contribution in [2.75, 3.05) is 18.4 Å². The van der Waals surface area contributed by atoms with E-state index in [9.17, 15) is 22.0 Å². The van der Waals surface area contributed by atoms with Gasteiger partial charge in [-0.3, -0.25) is 4.79 Å². The van der Waals surface area contributed by atoms with Crippen LogP contribution in [-0.4, -0.2) is 36.9 Å². The Balaban J connectivity index is 1.46. The largest absolute Gasteiger partial charge is 0.355 e. The highest BCUT2D eigenvalue weighted by atomic mass is 32.2. The Morgan fingerprint density at radius 1 is 1.11 bits per heavy atom. The second-order valence-corrected chi connectivity index (χ2v) is 10.3. The molecular weight excluding hydrogens is 476 g/mol. The summed E-state index contributed by atoms with van der Waals surface area (Å²) in [6.45, 7) is 3.52. The summed E-state index contributed by atoms with van der Waals surface area (Å²) in [7, 11) is -3.96. The molecule has 4 rings (SSSR count). The maximum Gasteiger partial charge on any atom is 0.248 e. The molecule has 0 radical (unpaired) electrons.